The van der Waals surface area contributed by atoms with Gasteiger partial charge in [-0.25, -0.2) is 0 Å². The first-order valence-corrected chi connectivity index (χ1v) is 6.66. The number of carbonyl (C=O) groups is 1. The lowest BCUT2D eigenvalue weighted by molar-refractivity contribution is 0.0991. The van der Waals surface area contributed by atoms with Crippen molar-refractivity contribution in [1.82, 2.24) is 0 Å². The molecule has 100 valence electrons. The monoisotopic (exact) mass is 323 g/mol. The van der Waals surface area contributed by atoms with E-state index in [1.54, 1.807) is 18.0 Å². The second-order valence-electron chi connectivity index (χ2n) is 3.90. The first-order chi connectivity index (χ1) is 9.13. The molecule has 0 unspecified atom stereocenters. The highest BCUT2D eigenvalue weighted by Gasteiger charge is 2.18. The number of hydrogen-bond donors (Lipinski definition) is 0. The first-order valence-electron chi connectivity index (χ1n) is 5.87. The van der Waals surface area contributed by atoms with E-state index in [9.17, 15) is 4.79 Å². The van der Waals surface area contributed by atoms with Crippen molar-refractivity contribution in [2.75, 3.05) is 18.6 Å². The number of para-hydroxylation sites is 2. The normalized spacial score (nSPS) is 10.3. The van der Waals surface area contributed by atoms with Crippen LogP contribution >= 0.6 is 15.9 Å². The Hall–Kier alpha value is -1.75. The van der Waals surface area contributed by atoms with Crippen LogP contribution in [0.1, 0.15) is 17.3 Å². The lowest BCUT2D eigenvalue weighted by Gasteiger charge is -2.19. The number of furan rings is 1. The standard InChI is InChI=1S/C14H14BrNO3/c1-3-18-12-7-5-4-6-11(12)16(2)14(17)10-8-13(15)19-9-10/h4-9H,3H2,1-2H3. The van der Waals surface area contributed by atoms with Crippen molar-refractivity contribution >= 4 is 27.5 Å². The summed E-state index contributed by atoms with van der Waals surface area (Å²) in [6.45, 7) is 2.46. The molecule has 4 nitrogen and oxygen atoms in total. The van der Waals surface area contributed by atoms with E-state index in [4.69, 9.17) is 9.15 Å². The molecule has 0 N–H and O–H groups in total. The Morgan fingerprint density at radius 2 is 2.16 bits per heavy atom. The Balaban J connectivity index is 2.28. The fraction of sp³-hybridized carbons (Fsp3) is 0.214. The molecule has 0 saturated carbocycles. The molecule has 0 bridgehead atoms. The third kappa shape index (κ3) is 2.98. The van der Waals surface area contributed by atoms with Gasteiger partial charge >= 0.3 is 0 Å². The molecule has 1 amide bonds. The minimum atomic E-state index is -0.151. The van der Waals surface area contributed by atoms with Gasteiger partial charge in [-0.3, -0.25) is 4.79 Å². The Morgan fingerprint density at radius 3 is 2.79 bits per heavy atom. The average molecular weight is 324 g/mol. The van der Waals surface area contributed by atoms with Crippen molar-refractivity contribution in [2.45, 2.75) is 6.92 Å². The van der Waals surface area contributed by atoms with E-state index >= 15 is 0 Å². The van der Waals surface area contributed by atoms with Crippen molar-refractivity contribution in [3.8, 4) is 5.75 Å². The van der Waals surface area contributed by atoms with Crippen molar-refractivity contribution in [3.63, 3.8) is 0 Å². The number of benzene rings is 1. The minimum Gasteiger partial charge on any atom is -0.492 e. The molecule has 0 radical (unpaired) electrons. The van der Waals surface area contributed by atoms with Gasteiger partial charge in [0.25, 0.3) is 5.91 Å². The average Bonchev–Trinajstić information content (AvgIpc) is 2.85. The maximum Gasteiger partial charge on any atom is 0.261 e. The number of nitrogens with zero attached hydrogens (tertiary/aromatic N) is 1. The molecule has 0 aliphatic rings. The molecular weight excluding hydrogens is 310 g/mol. The van der Waals surface area contributed by atoms with Crippen LogP contribution in [0.2, 0.25) is 0 Å². The topological polar surface area (TPSA) is 42.7 Å². The van der Waals surface area contributed by atoms with Gasteiger partial charge in [0.05, 0.1) is 17.9 Å². The van der Waals surface area contributed by atoms with Crippen LogP contribution in [-0.4, -0.2) is 19.6 Å². The van der Waals surface area contributed by atoms with Gasteiger partial charge in [0.15, 0.2) is 4.67 Å². The van der Waals surface area contributed by atoms with Crippen LogP contribution in [0.25, 0.3) is 0 Å². The van der Waals surface area contributed by atoms with Crippen molar-refractivity contribution in [2.24, 2.45) is 0 Å². The van der Waals surface area contributed by atoms with Crippen LogP contribution in [0.4, 0.5) is 5.69 Å². The third-order valence-corrected chi connectivity index (χ3v) is 3.06. The van der Waals surface area contributed by atoms with Crippen LogP contribution in [0.15, 0.2) is 45.7 Å². The van der Waals surface area contributed by atoms with Gasteiger partial charge in [-0.05, 0) is 35.0 Å². The fourth-order valence-electron chi connectivity index (χ4n) is 1.74. The van der Waals surface area contributed by atoms with E-state index in [0.717, 1.165) is 5.69 Å². The summed E-state index contributed by atoms with van der Waals surface area (Å²) in [5.41, 5.74) is 1.22. The predicted molar refractivity (Wildman–Crippen MR) is 76.8 cm³/mol. The van der Waals surface area contributed by atoms with E-state index in [0.29, 0.717) is 22.6 Å². The molecule has 0 aliphatic carbocycles. The maximum atomic E-state index is 12.3. The van der Waals surface area contributed by atoms with Crippen molar-refractivity contribution < 1.29 is 13.9 Å². The number of carbonyl (C=O) groups excluding carboxylic acids is 1. The molecule has 1 aromatic heterocycles. The van der Waals surface area contributed by atoms with Crippen LogP contribution in [0.5, 0.6) is 5.75 Å². The molecule has 0 spiro atoms. The van der Waals surface area contributed by atoms with Crippen LogP contribution in [0.3, 0.4) is 0 Å². The number of halogens is 1. The van der Waals surface area contributed by atoms with E-state index in [-0.39, 0.29) is 5.91 Å². The summed E-state index contributed by atoms with van der Waals surface area (Å²) in [6.07, 6.45) is 1.42. The number of amides is 1. The lowest BCUT2D eigenvalue weighted by Crippen LogP contribution is -2.26. The molecule has 0 aliphatic heterocycles. The van der Waals surface area contributed by atoms with Crippen LogP contribution in [-0.2, 0) is 0 Å². The third-order valence-electron chi connectivity index (χ3n) is 2.65. The highest BCUT2D eigenvalue weighted by atomic mass is 79.9. The maximum absolute atomic E-state index is 12.3. The van der Waals surface area contributed by atoms with Gasteiger partial charge in [0.1, 0.15) is 12.0 Å². The number of anilines is 1. The summed E-state index contributed by atoms with van der Waals surface area (Å²) >= 11 is 3.18. The van der Waals surface area contributed by atoms with Gasteiger partial charge in [-0.1, -0.05) is 12.1 Å². The minimum absolute atomic E-state index is 0.151. The zero-order valence-corrected chi connectivity index (χ0v) is 12.3. The summed E-state index contributed by atoms with van der Waals surface area (Å²) in [5, 5.41) is 0. The highest BCUT2D eigenvalue weighted by molar-refractivity contribution is 9.10. The largest absolute Gasteiger partial charge is 0.492 e. The van der Waals surface area contributed by atoms with E-state index in [1.165, 1.54) is 6.26 Å². The van der Waals surface area contributed by atoms with E-state index < -0.39 is 0 Å². The zero-order valence-electron chi connectivity index (χ0n) is 10.7. The van der Waals surface area contributed by atoms with Gasteiger partial charge in [-0.15, -0.1) is 0 Å². The lowest BCUT2D eigenvalue weighted by atomic mass is 10.2. The summed E-state index contributed by atoms with van der Waals surface area (Å²) < 4.78 is 11.1. The molecular formula is C14H14BrNO3. The van der Waals surface area contributed by atoms with Gasteiger partial charge in [-0.2, -0.15) is 0 Å². The second kappa shape index (κ2) is 5.93. The predicted octanol–water partition coefficient (Wildman–Crippen LogP) is 3.72. The highest BCUT2D eigenvalue weighted by Crippen LogP contribution is 2.28. The molecule has 0 saturated heterocycles. The van der Waals surface area contributed by atoms with E-state index in [1.807, 2.05) is 31.2 Å². The smallest absolute Gasteiger partial charge is 0.261 e. The van der Waals surface area contributed by atoms with Gasteiger partial charge in [0, 0.05) is 13.1 Å². The first kappa shape index (κ1) is 13.7. The Kier molecular flexibility index (Phi) is 4.27. The van der Waals surface area contributed by atoms with Gasteiger partial charge in [0.2, 0.25) is 0 Å². The summed E-state index contributed by atoms with van der Waals surface area (Å²) in [7, 11) is 1.71. The quantitative estimate of drug-likeness (QED) is 0.861. The van der Waals surface area contributed by atoms with Crippen molar-refractivity contribution in [3.05, 3.63) is 46.8 Å². The van der Waals surface area contributed by atoms with Crippen LogP contribution in [0, 0.1) is 0 Å². The molecule has 5 heteroatoms. The number of ether oxygens (including phenoxy) is 1. The molecule has 0 fully saturated rings. The molecule has 2 rings (SSSR count). The Morgan fingerprint density at radius 1 is 1.42 bits per heavy atom. The molecule has 0 atom stereocenters. The van der Waals surface area contributed by atoms with E-state index in [2.05, 4.69) is 15.9 Å². The molecule has 1 aromatic carbocycles. The zero-order chi connectivity index (χ0) is 13.8. The summed E-state index contributed by atoms with van der Waals surface area (Å²) in [6, 6.07) is 9.07. The molecule has 19 heavy (non-hydrogen) atoms. The van der Waals surface area contributed by atoms with Gasteiger partial charge < -0.3 is 14.1 Å². The second-order valence-corrected chi connectivity index (χ2v) is 4.69. The summed E-state index contributed by atoms with van der Waals surface area (Å²) in [5.74, 6) is 0.532. The van der Waals surface area contributed by atoms with Crippen molar-refractivity contribution in [1.29, 1.82) is 0 Å². The number of rotatable bonds is 4. The fourth-order valence-corrected chi connectivity index (χ4v) is 2.08. The molecule has 1 heterocycles. The Labute approximate surface area is 120 Å². The van der Waals surface area contributed by atoms with Crippen LogP contribution < -0.4 is 9.64 Å². The Bertz CT molecular complexity index is 580. The number of hydrogen-bond acceptors (Lipinski definition) is 3. The summed E-state index contributed by atoms with van der Waals surface area (Å²) in [4.78, 5) is 13.8. The SMILES string of the molecule is CCOc1ccccc1N(C)C(=O)c1coc(Br)c1. The molecule has 2 aromatic rings.